The highest BCUT2D eigenvalue weighted by molar-refractivity contribution is 5.82. The van der Waals surface area contributed by atoms with E-state index in [1.807, 2.05) is 6.92 Å². The van der Waals surface area contributed by atoms with Crippen LogP contribution in [-0.2, 0) is 38.1 Å². The van der Waals surface area contributed by atoms with Gasteiger partial charge in [-0.25, -0.2) is 14.4 Å². The first-order chi connectivity index (χ1) is 12.9. The monoisotopic (exact) mass is 384 g/mol. The summed E-state index contributed by atoms with van der Waals surface area (Å²) in [5.41, 5.74) is -0.698. The Morgan fingerprint density at radius 1 is 0.704 bits per heavy atom. The largest absolute Gasteiger partial charge is 0.462 e. The predicted molar refractivity (Wildman–Crippen MR) is 97.8 cm³/mol. The van der Waals surface area contributed by atoms with Crippen LogP contribution in [0, 0.1) is 5.41 Å². The summed E-state index contributed by atoms with van der Waals surface area (Å²) in [6, 6.07) is 0. The summed E-state index contributed by atoms with van der Waals surface area (Å²) in [5, 5.41) is 0. The molecule has 152 valence electrons. The van der Waals surface area contributed by atoms with E-state index < -0.39 is 23.3 Å². The molecule has 0 rings (SSSR count). The summed E-state index contributed by atoms with van der Waals surface area (Å²) in [4.78, 5) is 33.5. The number of hydrogen-bond donors (Lipinski definition) is 0. The minimum atomic E-state index is -0.698. The molecule has 0 aromatic heterocycles. The van der Waals surface area contributed by atoms with Crippen molar-refractivity contribution < 1.29 is 38.1 Å². The second-order valence-corrected chi connectivity index (χ2v) is 5.51. The smallest absolute Gasteiger partial charge is 0.330 e. The Kier molecular flexibility index (Phi) is 13.4. The number of carbonyl (C=O) groups excluding carboxylic acids is 3. The number of esters is 3. The van der Waals surface area contributed by atoms with Gasteiger partial charge in [0.25, 0.3) is 0 Å². The van der Waals surface area contributed by atoms with E-state index in [9.17, 15) is 14.4 Å². The maximum Gasteiger partial charge on any atom is 0.330 e. The zero-order chi connectivity index (χ0) is 20.5. The van der Waals surface area contributed by atoms with Gasteiger partial charge in [-0.3, -0.25) is 0 Å². The van der Waals surface area contributed by atoms with Crippen LogP contribution in [0.15, 0.2) is 38.0 Å². The molecule has 0 amide bonds. The van der Waals surface area contributed by atoms with Crippen LogP contribution in [0.5, 0.6) is 0 Å². The maximum atomic E-state index is 11.3. The van der Waals surface area contributed by atoms with Crippen LogP contribution in [-0.4, -0.2) is 64.2 Å². The minimum absolute atomic E-state index is 0.0110. The molecule has 0 spiro atoms. The third-order valence-corrected chi connectivity index (χ3v) is 3.54. The van der Waals surface area contributed by atoms with E-state index in [2.05, 4.69) is 19.7 Å². The lowest BCUT2D eigenvalue weighted by Crippen LogP contribution is -2.38. The highest BCUT2D eigenvalue weighted by Gasteiger charge is 2.32. The van der Waals surface area contributed by atoms with Crippen LogP contribution in [0.3, 0.4) is 0 Å². The fraction of sp³-hybridized carbons (Fsp3) is 0.526. The number of carbonyl (C=O) groups is 3. The number of ether oxygens (including phenoxy) is 5. The van der Waals surface area contributed by atoms with E-state index in [-0.39, 0.29) is 46.2 Å². The molecule has 0 atom stereocenters. The summed E-state index contributed by atoms with van der Waals surface area (Å²) in [7, 11) is 0. The molecule has 0 saturated carbocycles. The van der Waals surface area contributed by atoms with Crippen LogP contribution < -0.4 is 0 Å². The summed E-state index contributed by atoms with van der Waals surface area (Å²) in [6.07, 6.45) is 3.74. The van der Waals surface area contributed by atoms with E-state index in [1.54, 1.807) is 0 Å². The first-order valence-electron chi connectivity index (χ1n) is 8.46. The Bertz CT molecular complexity index is 488. The first kappa shape index (κ1) is 24.6. The molecular weight excluding hydrogens is 356 g/mol. The van der Waals surface area contributed by atoms with Gasteiger partial charge in [-0.1, -0.05) is 26.7 Å². The summed E-state index contributed by atoms with van der Waals surface area (Å²) in [6.45, 7) is 13.0. The molecule has 0 heterocycles. The van der Waals surface area contributed by atoms with Gasteiger partial charge in [0.1, 0.15) is 19.8 Å². The summed E-state index contributed by atoms with van der Waals surface area (Å²) >= 11 is 0. The number of rotatable bonds is 16. The molecule has 0 N–H and O–H groups in total. The molecule has 0 saturated heterocycles. The molecule has 8 nitrogen and oxygen atoms in total. The van der Waals surface area contributed by atoms with Crippen molar-refractivity contribution in [2.45, 2.75) is 13.3 Å². The van der Waals surface area contributed by atoms with Crippen LogP contribution in [0.4, 0.5) is 0 Å². The van der Waals surface area contributed by atoms with Gasteiger partial charge in [-0.05, 0) is 6.42 Å². The molecule has 0 fully saturated rings. The molecule has 0 aliphatic heterocycles. The predicted octanol–water partition coefficient (Wildman–Crippen LogP) is 1.60. The lowest BCUT2D eigenvalue weighted by atomic mass is 9.88. The van der Waals surface area contributed by atoms with Crippen molar-refractivity contribution in [2.24, 2.45) is 5.41 Å². The molecule has 8 heteroatoms. The van der Waals surface area contributed by atoms with Crippen molar-refractivity contribution in [3.63, 3.8) is 0 Å². The van der Waals surface area contributed by atoms with Crippen LogP contribution >= 0.6 is 0 Å². The van der Waals surface area contributed by atoms with Crippen molar-refractivity contribution >= 4 is 17.9 Å². The molecule has 27 heavy (non-hydrogen) atoms. The van der Waals surface area contributed by atoms with E-state index >= 15 is 0 Å². The van der Waals surface area contributed by atoms with Crippen molar-refractivity contribution in [2.75, 3.05) is 46.2 Å². The Hall–Kier alpha value is -2.45. The molecular formula is C19H28O8. The SMILES string of the molecule is C=CC(=O)OCCOCCOCC(CC)(COC(=O)C=C)COC(=O)C=C. The second-order valence-electron chi connectivity index (χ2n) is 5.51. The standard InChI is InChI=1S/C19H28O8/c1-5-16(20)25-12-11-23-9-10-24-13-19(8-4,14-26-17(21)6-2)15-27-18(22)7-3/h5-7H,1-3,8-15H2,4H3. The maximum absolute atomic E-state index is 11.3. The summed E-state index contributed by atoms with van der Waals surface area (Å²) < 4.78 is 25.9. The van der Waals surface area contributed by atoms with Gasteiger partial charge in [0.2, 0.25) is 0 Å². The van der Waals surface area contributed by atoms with Gasteiger partial charge in [0, 0.05) is 18.2 Å². The van der Waals surface area contributed by atoms with Gasteiger partial charge < -0.3 is 23.7 Å². The Morgan fingerprint density at radius 3 is 1.63 bits per heavy atom. The van der Waals surface area contributed by atoms with E-state index in [0.717, 1.165) is 18.2 Å². The molecule has 0 aliphatic rings. The van der Waals surface area contributed by atoms with Gasteiger partial charge >= 0.3 is 17.9 Å². The van der Waals surface area contributed by atoms with Crippen molar-refractivity contribution in [1.29, 1.82) is 0 Å². The minimum Gasteiger partial charge on any atom is -0.462 e. The van der Waals surface area contributed by atoms with Gasteiger partial charge in [0.05, 0.1) is 31.8 Å². The van der Waals surface area contributed by atoms with Crippen molar-refractivity contribution in [3.8, 4) is 0 Å². The Balaban J connectivity index is 4.35. The second kappa shape index (κ2) is 14.7. The van der Waals surface area contributed by atoms with Crippen molar-refractivity contribution in [3.05, 3.63) is 38.0 Å². The highest BCUT2D eigenvalue weighted by atomic mass is 16.6. The van der Waals surface area contributed by atoms with Crippen LogP contribution in [0.2, 0.25) is 0 Å². The zero-order valence-electron chi connectivity index (χ0n) is 15.8. The third-order valence-electron chi connectivity index (χ3n) is 3.54. The quantitative estimate of drug-likeness (QED) is 0.171. The lowest BCUT2D eigenvalue weighted by Gasteiger charge is -2.31. The average Bonchev–Trinajstić information content (AvgIpc) is 2.70. The van der Waals surface area contributed by atoms with E-state index in [4.69, 9.17) is 23.7 Å². The molecule has 0 aromatic rings. The average molecular weight is 384 g/mol. The Labute approximate surface area is 159 Å². The molecule has 0 bridgehead atoms. The molecule has 0 radical (unpaired) electrons. The first-order valence-corrected chi connectivity index (χ1v) is 8.46. The fourth-order valence-corrected chi connectivity index (χ4v) is 1.77. The number of hydrogen-bond acceptors (Lipinski definition) is 8. The van der Waals surface area contributed by atoms with E-state index in [0.29, 0.717) is 6.42 Å². The summed E-state index contributed by atoms with van der Waals surface area (Å²) in [5.74, 6) is -1.65. The molecule has 0 unspecified atom stereocenters. The lowest BCUT2D eigenvalue weighted by molar-refractivity contribution is -0.152. The van der Waals surface area contributed by atoms with E-state index in [1.165, 1.54) is 0 Å². The van der Waals surface area contributed by atoms with Gasteiger partial charge in [-0.15, -0.1) is 0 Å². The topological polar surface area (TPSA) is 97.4 Å². The highest BCUT2D eigenvalue weighted by Crippen LogP contribution is 2.24. The third kappa shape index (κ3) is 11.7. The van der Waals surface area contributed by atoms with Crippen LogP contribution in [0.1, 0.15) is 13.3 Å². The van der Waals surface area contributed by atoms with Gasteiger partial charge in [0.15, 0.2) is 0 Å². The molecule has 0 aromatic carbocycles. The fourth-order valence-electron chi connectivity index (χ4n) is 1.77. The zero-order valence-corrected chi connectivity index (χ0v) is 15.8. The normalized spacial score (nSPS) is 10.6. The Morgan fingerprint density at radius 2 is 1.15 bits per heavy atom. The van der Waals surface area contributed by atoms with Crippen molar-refractivity contribution in [1.82, 2.24) is 0 Å². The van der Waals surface area contributed by atoms with Crippen LogP contribution in [0.25, 0.3) is 0 Å². The van der Waals surface area contributed by atoms with Gasteiger partial charge in [-0.2, -0.15) is 0 Å². The molecule has 0 aliphatic carbocycles.